The maximum Gasteiger partial charge on any atom is 0.257 e. The number of aryl methyl sites for hydroxylation is 3. The van der Waals surface area contributed by atoms with Crippen molar-refractivity contribution >= 4 is 35.0 Å². The molecule has 0 atom stereocenters. The molecule has 1 heterocycles. The summed E-state index contributed by atoms with van der Waals surface area (Å²) in [7, 11) is 0. The van der Waals surface area contributed by atoms with Crippen LogP contribution in [-0.2, 0) is 11.2 Å². The molecule has 0 bridgehead atoms. The first kappa shape index (κ1) is 22.5. The van der Waals surface area contributed by atoms with Crippen molar-refractivity contribution in [3.05, 3.63) is 76.6 Å². The monoisotopic (exact) mass is 434 g/mol. The van der Waals surface area contributed by atoms with E-state index in [9.17, 15) is 9.59 Å². The molecule has 0 unspecified atom stereocenters. The van der Waals surface area contributed by atoms with E-state index in [1.165, 1.54) is 11.8 Å². The summed E-state index contributed by atoms with van der Waals surface area (Å²) in [5.41, 5.74) is 5.44. The van der Waals surface area contributed by atoms with Crippen LogP contribution in [0.15, 0.2) is 53.7 Å². The summed E-state index contributed by atoms with van der Waals surface area (Å²) in [4.78, 5) is 34.3. The molecule has 2 aromatic carbocycles. The molecular formula is C24H26N4O2S. The highest BCUT2D eigenvalue weighted by molar-refractivity contribution is 7.98. The van der Waals surface area contributed by atoms with E-state index in [0.29, 0.717) is 23.4 Å². The van der Waals surface area contributed by atoms with Crippen molar-refractivity contribution in [1.29, 1.82) is 0 Å². The van der Waals surface area contributed by atoms with Gasteiger partial charge >= 0.3 is 0 Å². The van der Waals surface area contributed by atoms with Gasteiger partial charge in [0.05, 0.1) is 11.3 Å². The first-order chi connectivity index (χ1) is 14.9. The summed E-state index contributed by atoms with van der Waals surface area (Å²) >= 11 is 1.50. The number of anilines is 2. The third kappa shape index (κ3) is 5.92. The van der Waals surface area contributed by atoms with Gasteiger partial charge < -0.3 is 10.6 Å². The highest BCUT2D eigenvalue weighted by atomic mass is 32.2. The van der Waals surface area contributed by atoms with Crippen LogP contribution in [0.25, 0.3) is 0 Å². The quantitative estimate of drug-likeness (QED) is 0.406. The largest absolute Gasteiger partial charge is 0.325 e. The van der Waals surface area contributed by atoms with Crippen molar-refractivity contribution in [2.24, 2.45) is 0 Å². The molecule has 3 rings (SSSR count). The number of carbonyl (C=O) groups is 2. The molecule has 0 aliphatic rings. The Hall–Kier alpha value is -3.19. The van der Waals surface area contributed by atoms with Gasteiger partial charge in [-0.3, -0.25) is 9.59 Å². The predicted octanol–water partition coefficient (Wildman–Crippen LogP) is 4.95. The molecule has 0 aliphatic heterocycles. The SMILES string of the molecule is CSc1nc(C)c(CCC(=O)Nc2ccccc2C(=O)Nc2cccc(C)c2)c(C)n1. The van der Waals surface area contributed by atoms with Gasteiger partial charge in [-0.25, -0.2) is 9.97 Å². The van der Waals surface area contributed by atoms with Gasteiger partial charge in [-0.05, 0) is 68.8 Å². The predicted molar refractivity (Wildman–Crippen MR) is 126 cm³/mol. The number of amides is 2. The first-order valence-corrected chi connectivity index (χ1v) is 11.2. The lowest BCUT2D eigenvalue weighted by Crippen LogP contribution is -2.18. The molecule has 0 spiro atoms. The van der Waals surface area contributed by atoms with Crippen molar-refractivity contribution in [3.63, 3.8) is 0 Å². The fourth-order valence-corrected chi connectivity index (χ4v) is 3.78. The van der Waals surface area contributed by atoms with E-state index < -0.39 is 0 Å². The molecule has 3 aromatic rings. The highest BCUT2D eigenvalue weighted by Crippen LogP contribution is 2.20. The molecule has 160 valence electrons. The number of rotatable bonds is 7. The maximum absolute atomic E-state index is 12.8. The summed E-state index contributed by atoms with van der Waals surface area (Å²) in [6.07, 6.45) is 2.75. The van der Waals surface area contributed by atoms with Crippen LogP contribution in [-0.4, -0.2) is 28.0 Å². The minimum absolute atomic E-state index is 0.163. The zero-order chi connectivity index (χ0) is 22.4. The molecule has 0 aliphatic carbocycles. The van der Waals surface area contributed by atoms with Crippen LogP contribution in [0.1, 0.15) is 39.3 Å². The Balaban J connectivity index is 1.68. The number of benzene rings is 2. The lowest BCUT2D eigenvalue weighted by atomic mass is 10.1. The summed E-state index contributed by atoms with van der Waals surface area (Å²) in [6.45, 7) is 5.84. The van der Waals surface area contributed by atoms with Crippen molar-refractivity contribution in [2.45, 2.75) is 38.8 Å². The van der Waals surface area contributed by atoms with Crippen LogP contribution in [0, 0.1) is 20.8 Å². The molecule has 1 aromatic heterocycles. The molecule has 0 saturated heterocycles. The van der Waals surface area contributed by atoms with Crippen LogP contribution in [0.2, 0.25) is 0 Å². The van der Waals surface area contributed by atoms with Crippen molar-refractivity contribution in [3.8, 4) is 0 Å². The van der Waals surface area contributed by atoms with Gasteiger partial charge in [0.25, 0.3) is 5.91 Å². The second-order valence-electron chi connectivity index (χ2n) is 7.28. The topological polar surface area (TPSA) is 84.0 Å². The number of hydrogen-bond acceptors (Lipinski definition) is 5. The minimum atomic E-state index is -0.269. The third-order valence-corrected chi connectivity index (χ3v) is 5.45. The summed E-state index contributed by atoms with van der Waals surface area (Å²) in [5.74, 6) is -0.433. The average Bonchev–Trinajstić information content (AvgIpc) is 2.73. The van der Waals surface area contributed by atoms with Crippen molar-refractivity contribution in [1.82, 2.24) is 9.97 Å². The van der Waals surface area contributed by atoms with Crippen LogP contribution >= 0.6 is 11.8 Å². The number of thioether (sulfide) groups is 1. The van der Waals surface area contributed by atoms with Gasteiger partial charge in [-0.2, -0.15) is 0 Å². The second-order valence-corrected chi connectivity index (χ2v) is 8.05. The Bertz CT molecular complexity index is 1090. The van der Waals surface area contributed by atoms with Gasteiger partial charge in [0.2, 0.25) is 5.91 Å². The summed E-state index contributed by atoms with van der Waals surface area (Å²) in [5, 5.41) is 6.50. The Kier molecular flexibility index (Phi) is 7.41. The normalized spacial score (nSPS) is 10.6. The standard InChI is InChI=1S/C24H26N4O2S/c1-15-8-7-9-18(14-15)27-23(30)20-10-5-6-11-21(20)28-22(29)13-12-19-16(2)25-24(31-4)26-17(19)3/h5-11,14H,12-13H2,1-4H3,(H,27,30)(H,28,29). The first-order valence-electron chi connectivity index (χ1n) is 10.0. The molecule has 2 amide bonds. The van der Waals surface area contributed by atoms with Crippen molar-refractivity contribution in [2.75, 3.05) is 16.9 Å². The molecule has 0 fully saturated rings. The molecule has 7 heteroatoms. The maximum atomic E-state index is 12.8. The van der Waals surface area contributed by atoms with Crippen LogP contribution in [0.3, 0.4) is 0 Å². The van der Waals surface area contributed by atoms with Gasteiger partial charge in [-0.1, -0.05) is 36.0 Å². The third-order valence-electron chi connectivity index (χ3n) is 4.91. The minimum Gasteiger partial charge on any atom is -0.325 e. The number of nitrogens with one attached hydrogen (secondary N) is 2. The van der Waals surface area contributed by atoms with E-state index >= 15 is 0 Å². The van der Waals surface area contributed by atoms with E-state index in [1.54, 1.807) is 24.3 Å². The van der Waals surface area contributed by atoms with Gasteiger partial charge in [0.1, 0.15) is 0 Å². The fraction of sp³-hybridized carbons (Fsp3) is 0.250. The van der Waals surface area contributed by atoms with Crippen molar-refractivity contribution < 1.29 is 9.59 Å². The van der Waals surface area contributed by atoms with E-state index in [1.807, 2.05) is 51.3 Å². The average molecular weight is 435 g/mol. The highest BCUT2D eigenvalue weighted by Gasteiger charge is 2.15. The molecule has 2 N–H and O–H groups in total. The molecule has 0 radical (unpaired) electrons. The summed E-state index contributed by atoms with van der Waals surface area (Å²) in [6, 6.07) is 14.6. The number of aromatic nitrogens is 2. The zero-order valence-electron chi connectivity index (χ0n) is 18.2. The number of hydrogen-bond donors (Lipinski definition) is 2. The molecule has 31 heavy (non-hydrogen) atoms. The molecular weight excluding hydrogens is 408 g/mol. The summed E-state index contributed by atoms with van der Waals surface area (Å²) < 4.78 is 0. The molecule has 6 nitrogen and oxygen atoms in total. The number of nitrogens with zero attached hydrogens (tertiary/aromatic N) is 2. The lowest BCUT2D eigenvalue weighted by molar-refractivity contribution is -0.116. The Morgan fingerprint density at radius 3 is 2.32 bits per heavy atom. The smallest absolute Gasteiger partial charge is 0.257 e. The van der Waals surface area contributed by atoms with Crippen LogP contribution < -0.4 is 10.6 Å². The fourth-order valence-electron chi connectivity index (χ4n) is 3.32. The Morgan fingerprint density at radius 2 is 1.65 bits per heavy atom. The van der Waals surface area contributed by atoms with Gasteiger partial charge in [-0.15, -0.1) is 0 Å². The number of carbonyl (C=O) groups excluding carboxylic acids is 2. The Morgan fingerprint density at radius 1 is 0.935 bits per heavy atom. The second kappa shape index (κ2) is 10.2. The van der Waals surface area contributed by atoms with Gasteiger partial charge in [0.15, 0.2) is 5.16 Å². The van der Waals surface area contributed by atoms with Crippen LogP contribution in [0.4, 0.5) is 11.4 Å². The zero-order valence-corrected chi connectivity index (χ0v) is 19.0. The Labute approximate surface area is 186 Å². The van der Waals surface area contributed by atoms with Crippen LogP contribution in [0.5, 0.6) is 0 Å². The lowest BCUT2D eigenvalue weighted by Gasteiger charge is -2.13. The van der Waals surface area contributed by atoms with E-state index in [2.05, 4.69) is 20.6 Å². The van der Waals surface area contributed by atoms with E-state index in [0.717, 1.165) is 27.7 Å². The van der Waals surface area contributed by atoms with E-state index in [4.69, 9.17) is 0 Å². The van der Waals surface area contributed by atoms with E-state index in [-0.39, 0.29) is 18.2 Å². The van der Waals surface area contributed by atoms with Gasteiger partial charge in [0, 0.05) is 23.5 Å². The number of para-hydroxylation sites is 1. The molecule has 0 saturated carbocycles.